The van der Waals surface area contributed by atoms with Crippen LogP contribution >= 0.6 is 11.8 Å². The van der Waals surface area contributed by atoms with Gasteiger partial charge in [-0.05, 0) is 42.1 Å². The van der Waals surface area contributed by atoms with E-state index in [0.29, 0.717) is 17.8 Å². The average Bonchev–Trinajstić information content (AvgIpc) is 2.15. The molecule has 1 heterocycles. The Balaban J connectivity index is 2.08. The molecule has 3 nitrogen and oxygen atoms in total. The van der Waals surface area contributed by atoms with Crippen LogP contribution in [0.25, 0.3) is 0 Å². The van der Waals surface area contributed by atoms with E-state index in [1.165, 1.54) is 0 Å². The molecule has 2 fully saturated rings. The van der Waals surface area contributed by atoms with Crippen molar-refractivity contribution in [2.75, 3.05) is 18.1 Å². The lowest BCUT2D eigenvalue weighted by Crippen LogP contribution is -2.42. The number of fused-ring (bicyclic) bond motifs is 2. The van der Waals surface area contributed by atoms with Crippen molar-refractivity contribution in [1.82, 2.24) is 0 Å². The number of hydrogen-bond donors (Lipinski definition) is 2. The van der Waals surface area contributed by atoms with Gasteiger partial charge in [-0.3, -0.25) is 4.79 Å². The third kappa shape index (κ3) is 1.77. The van der Waals surface area contributed by atoms with Crippen molar-refractivity contribution in [3.63, 3.8) is 0 Å². The largest absolute Gasteiger partial charge is 0.481 e. The van der Waals surface area contributed by atoms with Crippen molar-refractivity contribution in [2.45, 2.75) is 12.8 Å². The van der Waals surface area contributed by atoms with Gasteiger partial charge in [-0.1, -0.05) is 0 Å². The summed E-state index contributed by atoms with van der Waals surface area (Å²) in [7, 11) is 0. The number of carboxylic acid groups (broad SMARTS) is 1. The van der Waals surface area contributed by atoms with Crippen molar-refractivity contribution in [3.8, 4) is 0 Å². The topological polar surface area (TPSA) is 57.5 Å². The molecular weight excluding hydrogens is 200 g/mol. The number of aliphatic hydroxyl groups is 1. The Labute approximate surface area is 87.9 Å². The molecule has 0 amide bonds. The van der Waals surface area contributed by atoms with Crippen molar-refractivity contribution in [2.24, 2.45) is 23.7 Å². The van der Waals surface area contributed by atoms with E-state index in [1.54, 1.807) is 0 Å². The molecular formula is C10H16O3S. The molecule has 2 aliphatic rings. The second-order valence-electron chi connectivity index (χ2n) is 4.41. The van der Waals surface area contributed by atoms with Crippen LogP contribution in [-0.4, -0.2) is 34.3 Å². The molecule has 0 aromatic carbocycles. The Morgan fingerprint density at radius 1 is 1.29 bits per heavy atom. The van der Waals surface area contributed by atoms with E-state index in [1.807, 2.05) is 11.8 Å². The smallest absolute Gasteiger partial charge is 0.306 e. The van der Waals surface area contributed by atoms with E-state index in [9.17, 15) is 9.90 Å². The summed E-state index contributed by atoms with van der Waals surface area (Å²) in [6, 6.07) is 0. The van der Waals surface area contributed by atoms with E-state index in [0.717, 1.165) is 24.3 Å². The summed E-state index contributed by atoms with van der Waals surface area (Å²) in [5.74, 6) is 2.48. The number of aliphatic hydroxyl groups excluding tert-OH is 1. The van der Waals surface area contributed by atoms with E-state index in [4.69, 9.17) is 5.11 Å². The van der Waals surface area contributed by atoms with E-state index < -0.39 is 5.97 Å². The van der Waals surface area contributed by atoms with Crippen LogP contribution in [0.15, 0.2) is 0 Å². The highest BCUT2D eigenvalue weighted by atomic mass is 32.2. The first kappa shape index (κ1) is 10.3. The lowest BCUT2D eigenvalue weighted by atomic mass is 9.69. The third-order valence-corrected chi connectivity index (χ3v) is 4.94. The lowest BCUT2D eigenvalue weighted by molar-refractivity contribution is -0.145. The van der Waals surface area contributed by atoms with Gasteiger partial charge in [0.25, 0.3) is 0 Å². The van der Waals surface area contributed by atoms with Crippen LogP contribution in [0.3, 0.4) is 0 Å². The molecule has 80 valence electrons. The summed E-state index contributed by atoms with van der Waals surface area (Å²) in [6.45, 7) is 0.238. The first-order valence-corrected chi connectivity index (χ1v) is 6.29. The van der Waals surface area contributed by atoms with Gasteiger partial charge >= 0.3 is 5.97 Å². The summed E-state index contributed by atoms with van der Waals surface area (Å²) in [5, 5.41) is 18.2. The van der Waals surface area contributed by atoms with Gasteiger partial charge in [0.1, 0.15) is 0 Å². The fraction of sp³-hybridized carbons (Fsp3) is 0.900. The monoisotopic (exact) mass is 216 g/mol. The highest BCUT2D eigenvalue weighted by Gasteiger charge is 2.42. The van der Waals surface area contributed by atoms with Crippen LogP contribution in [0.4, 0.5) is 0 Å². The van der Waals surface area contributed by atoms with Crippen LogP contribution in [-0.2, 0) is 4.79 Å². The van der Waals surface area contributed by atoms with Crippen LogP contribution in [0.5, 0.6) is 0 Å². The SMILES string of the molecule is O=C(O)C1CC2CSCC(C1)C2CO. The van der Waals surface area contributed by atoms with Crippen molar-refractivity contribution >= 4 is 17.7 Å². The van der Waals surface area contributed by atoms with E-state index >= 15 is 0 Å². The van der Waals surface area contributed by atoms with Gasteiger partial charge in [-0.25, -0.2) is 0 Å². The molecule has 0 aromatic rings. The molecule has 2 rings (SSSR count). The van der Waals surface area contributed by atoms with Crippen LogP contribution in [0, 0.1) is 23.7 Å². The second-order valence-corrected chi connectivity index (χ2v) is 5.49. The van der Waals surface area contributed by atoms with E-state index in [2.05, 4.69) is 0 Å². The van der Waals surface area contributed by atoms with Crippen molar-refractivity contribution < 1.29 is 15.0 Å². The van der Waals surface area contributed by atoms with Crippen LogP contribution in [0.1, 0.15) is 12.8 Å². The van der Waals surface area contributed by atoms with Crippen LogP contribution in [0.2, 0.25) is 0 Å². The lowest BCUT2D eigenvalue weighted by Gasteiger charge is -2.43. The molecule has 1 aliphatic carbocycles. The molecule has 0 aromatic heterocycles. The van der Waals surface area contributed by atoms with Gasteiger partial charge in [-0.15, -0.1) is 0 Å². The number of thioether (sulfide) groups is 1. The zero-order chi connectivity index (χ0) is 10.1. The molecule has 2 bridgehead atoms. The molecule has 0 spiro atoms. The zero-order valence-corrected chi connectivity index (χ0v) is 8.87. The standard InChI is InChI=1S/C10H16O3S/c11-3-9-7-1-6(10(12)13)2-8(9)5-14-4-7/h6-9,11H,1-5H2,(H,12,13). The van der Waals surface area contributed by atoms with Gasteiger partial charge in [-0.2, -0.15) is 11.8 Å². The fourth-order valence-corrected chi connectivity index (χ4v) is 4.32. The maximum absolute atomic E-state index is 10.9. The fourth-order valence-electron chi connectivity index (χ4n) is 2.82. The van der Waals surface area contributed by atoms with E-state index in [-0.39, 0.29) is 12.5 Å². The first-order chi connectivity index (χ1) is 6.72. The number of carboxylic acids is 1. The molecule has 14 heavy (non-hydrogen) atoms. The number of rotatable bonds is 2. The van der Waals surface area contributed by atoms with Gasteiger partial charge < -0.3 is 10.2 Å². The quantitative estimate of drug-likeness (QED) is 0.725. The van der Waals surface area contributed by atoms with Gasteiger partial charge in [0.05, 0.1) is 5.92 Å². The maximum atomic E-state index is 10.9. The molecule has 2 unspecified atom stereocenters. The number of hydrogen-bond acceptors (Lipinski definition) is 3. The average molecular weight is 216 g/mol. The summed E-state index contributed by atoms with van der Waals surface area (Å²) >= 11 is 1.92. The minimum atomic E-state index is -0.650. The third-order valence-electron chi connectivity index (χ3n) is 3.61. The van der Waals surface area contributed by atoms with Crippen LogP contribution < -0.4 is 0 Å². The van der Waals surface area contributed by atoms with Crippen molar-refractivity contribution in [1.29, 1.82) is 0 Å². The Morgan fingerprint density at radius 3 is 2.29 bits per heavy atom. The minimum Gasteiger partial charge on any atom is -0.481 e. The molecule has 0 radical (unpaired) electrons. The number of carbonyl (C=O) groups is 1. The summed E-state index contributed by atoms with van der Waals surface area (Å²) in [5.41, 5.74) is 0. The molecule has 2 atom stereocenters. The molecule has 1 saturated heterocycles. The van der Waals surface area contributed by atoms with Gasteiger partial charge in [0.15, 0.2) is 0 Å². The first-order valence-electron chi connectivity index (χ1n) is 5.13. The summed E-state index contributed by atoms with van der Waals surface area (Å²) in [4.78, 5) is 10.9. The minimum absolute atomic E-state index is 0.159. The summed E-state index contributed by atoms with van der Waals surface area (Å²) < 4.78 is 0. The molecule has 4 heteroatoms. The Bertz CT molecular complexity index is 217. The predicted molar refractivity (Wildman–Crippen MR) is 55.2 cm³/mol. The number of aliphatic carboxylic acids is 1. The maximum Gasteiger partial charge on any atom is 0.306 e. The summed E-state index contributed by atoms with van der Waals surface area (Å²) in [6.07, 6.45) is 1.54. The van der Waals surface area contributed by atoms with Gasteiger partial charge in [0, 0.05) is 6.61 Å². The van der Waals surface area contributed by atoms with Gasteiger partial charge in [0.2, 0.25) is 0 Å². The molecule has 1 aliphatic heterocycles. The molecule has 2 N–H and O–H groups in total. The Hall–Kier alpha value is -0.220. The highest BCUT2D eigenvalue weighted by Crippen LogP contribution is 2.45. The Morgan fingerprint density at radius 2 is 1.86 bits per heavy atom. The molecule has 1 saturated carbocycles. The highest BCUT2D eigenvalue weighted by molar-refractivity contribution is 7.99. The second kappa shape index (κ2) is 4.11. The van der Waals surface area contributed by atoms with Crippen molar-refractivity contribution in [3.05, 3.63) is 0 Å². The normalized spacial score (nSPS) is 42.1. The Kier molecular flexibility index (Phi) is 3.02. The zero-order valence-electron chi connectivity index (χ0n) is 8.06. The predicted octanol–water partition coefficient (Wildman–Crippen LogP) is 1.07.